The van der Waals surface area contributed by atoms with Gasteiger partial charge in [-0.25, -0.2) is 4.79 Å². The van der Waals surface area contributed by atoms with Crippen molar-refractivity contribution in [1.82, 2.24) is 15.1 Å². The average molecular weight is 365 g/mol. The highest BCUT2D eigenvalue weighted by Crippen LogP contribution is 2.39. The molecule has 146 valence electrons. The van der Waals surface area contributed by atoms with Crippen LogP contribution in [0.25, 0.3) is 0 Å². The number of alkyl carbamates (subject to hydrolysis) is 1. The van der Waals surface area contributed by atoms with Crippen molar-refractivity contribution in [2.75, 3.05) is 20.2 Å². The largest absolute Gasteiger partial charge is 0.453 e. The molecule has 2 aliphatic heterocycles. The van der Waals surface area contributed by atoms with Crippen LogP contribution in [0.2, 0.25) is 0 Å². The molecule has 2 saturated heterocycles. The van der Waals surface area contributed by atoms with Crippen LogP contribution in [0.15, 0.2) is 0 Å². The predicted molar refractivity (Wildman–Crippen MR) is 96.4 cm³/mol. The molecule has 1 saturated carbocycles. The normalized spacial score (nSPS) is 27.2. The molecular weight excluding hydrogens is 334 g/mol. The SMILES string of the molecule is COC(=O)N[C@H](CC(C)C)C(=O)N1CC[C@H]2[C@@H](CCC(=O)N2C2CC2)C1. The smallest absolute Gasteiger partial charge is 0.407 e. The lowest BCUT2D eigenvalue weighted by atomic mass is 9.83. The lowest BCUT2D eigenvalue weighted by Gasteiger charge is -2.47. The Morgan fingerprint density at radius 2 is 1.96 bits per heavy atom. The number of ether oxygens (including phenoxy) is 1. The Hall–Kier alpha value is -1.79. The molecule has 0 spiro atoms. The zero-order chi connectivity index (χ0) is 18.8. The molecule has 3 atom stereocenters. The summed E-state index contributed by atoms with van der Waals surface area (Å²) in [5.74, 6) is 0.899. The maximum Gasteiger partial charge on any atom is 0.407 e. The molecule has 3 amide bonds. The molecule has 0 bridgehead atoms. The van der Waals surface area contributed by atoms with E-state index in [9.17, 15) is 14.4 Å². The second-order valence-electron chi connectivity index (χ2n) is 8.29. The van der Waals surface area contributed by atoms with Crippen molar-refractivity contribution in [2.24, 2.45) is 11.8 Å². The minimum atomic E-state index is -0.568. The third-order valence-electron chi connectivity index (χ3n) is 5.80. The number of methoxy groups -OCH3 is 1. The van der Waals surface area contributed by atoms with E-state index in [0.717, 1.165) is 25.7 Å². The Balaban J connectivity index is 1.65. The summed E-state index contributed by atoms with van der Waals surface area (Å²) in [4.78, 5) is 41.0. The van der Waals surface area contributed by atoms with Gasteiger partial charge in [0.25, 0.3) is 0 Å². The first kappa shape index (κ1) is 19.0. The van der Waals surface area contributed by atoms with Gasteiger partial charge in [0, 0.05) is 31.6 Å². The van der Waals surface area contributed by atoms with Gasteiger partial charge in [0.15, 0.2) is 0 Å². The number of carbonyl (C=O) groups is 3. The van der Waals surface area contributed by atoms with Crippen molar-refractivity contribution in [3.05, 3.63) is 0 Å². The van der Waals surface area contributed by atoms with Crippen molar-refractivity contribution in [1.29, 1.82) is 0 Å². The number of nitrogens with zero attached hydrogens (tertiary/aromatic N) is 2. The van der Waals surface area contributed by atoms with Crippen LogP contribution in [0.3, 0.4) is 0 Å². The molecule has 0 aromatic rings. The highest BCUT2D eigenvalue weighted by atomic mass is 16.5. The Kier molecular flexibility index (Phi) is 5.73. The van der Waals surface area contributed by atoms with Crippen LogP contribution in [-0.4, -0.2) is 66.0 Å². The number of fused-ring (bicyclic) bond motifs is 1. The fourth-order valence-corrected chi connectivity index (χ4v) is 4.43. The van der Waals surface area contributed by atoms with Crippen LogP contribution < -0.4 is 5.32 Å². The number of hydrogen-bond acceptors (Lipinski definition) is 4. The number of carbonyl (C=O) groups excluding carboxylic acids is 3. The molecule has 2 heterocycles. The summed E-state index contributed by atoms with van der Waals surface area (Å²) in [7, 11) is 1.31. The predicted octanol–water partition coefficient (Wildman–Crippen LogP) is 1.76. The van der Waals surface area contributed by atoms with Crippen LogP contribution in [0.5, 0.6) is 0 Å². The Morgan fingerprint density at radius 1 is 1.23 bits per heavy atom. The van der Waals surface area contributed by atoms with E-state index in [0.29, 0.717) is 43.8 Å². The van der Waals surface area contributed by atoms with E-state index < -0.39 is 12.1 Å². The lowest BCUT2D eigenvalue weighted by molar-refractivity contribution is -0.145. The Bertz CT molecular complexity index is 561. The van der Waals surface area contributed by atoms with E-state index in [1.165, 1.54) is 7.11 Å². The van der Waals surface area contributed by atoms with Gasteiger partial charge in [0.05, 0.1) is 7.11 Å². The van der Waals surface area contributed by atoms with Gasteiger partial charge < -0.3 is 19.9 Å². The third-order valence-corrected chi connectivity index (χ3v) is 5.80. The first-order chi connectivity index (χ1) is 12.4. The Morgan fingerprint density at radius 3 is 2.58 bits per heavy atom. The van der Waals surface area contributed by atoms with Crippen molar-refractivity contribution in [3.63, 3.8) is 0 Å². The summed E-state index contributed by atoms with van der Waals surface area (Å²) in [6.45, 7) is 5.39. The quantitative estimate of drug-likeness (QED) is 0.805. The van der Waals surface area contributed by atoms with Crippen LogP contribution >= 0.6 is 0 Å². The van der Waals surface area contributed by atoms with Gasteiger partial charge in [-0.05, 0) is 43.9 Å². The summed E-state index contributed by atoms with van der Waals surface area (Å²) in [6, 6.07) is 0.168. The maximum atomic E-state index is 13.0. The van der Waals surface area contributed by atoms with Gasteiger partial charge in [0.2, 0.25) is 11.8 Å². The first-order valence-corrected chi connectivity index (χ1v) is 9.85. The molecule has 7 nitrogen and oxygen atoms in total. The van der Waals surface area contributed by atoms with Crippen LogP contribution in [0.4, 0.5) is 4.79 Å². The van der Waals surface area contributed by atoms with E-state index in [-0.39, 0.29) is 17.9 Å². The van der Waals surface area contributed by atoms with E-state index >= 15 is 0 Å². The molecule has 0 radical (unpaired) electrons. The molecule has 0 unspecified atom stereocenters. The van der Waals surface area contributed by atoms with Crippen molar-refractivity contribution < 1.29 is 19.1 Å². The Labute approximate surface area is 155 Å². The summed E-state index contributed by atoms with van der Waals surface area (Å²) in [6.07, 6.45) is 4.55. The topological polar surface area (TPSA) is 79.0 Å². The number of rotatable bonds is 5. The number of hydrogen-bond donors (Lipinski definition) is 1. The van der Waals surface area contributed by atoms with Crippen LogP contribution in [-0.2, 0) is 14.3 Å². The zero-order valence-corrected chi connectivity index (χ0v) is 16.1. The second kappa shape index (κ2) is 7.84. The maximum absolute atomic E-state index is 13.0. The molecule has 0 aromatic carbocycles. The fraction of sp³-hybridized carbons (Fsp3) is 0.842. The molecule has 0 aromatic heterocycles. The highest BCUT2D eigenvalue weighted by Gasteiger charge is 2.46. The summed E-state index contributed by atoms with van der Waals surface area (Å²) >= 11 is 0. The van der Waals surface area contributed by atoms with E-state index in [1.807, 2.05) is 18.7 Å². The van der Waals surface area contributed by atoms with Crippen LogP contribution in [0, 0.1) is 11.8 Å². The fourth-order valence-electron chi connectivity index (χ4n) is 4.43. The van der Waals surface area contributed by atoms with Crippen LogP contribution in [0.1, 0.15) is 52.4 Å². The number of piperidine rings is 2. The van der Waals surface area contributed by atoms with E-state index in [4.69, 9.17) is 0 Å². The van der Waals surface area contributed by atoms with Gasteiger partial charge in [-0.3, -0.25) is 9.59 Å². The van der Waals surface area contributed by atoms with E-state index in [2.05, 4.69) is 15.0 Å². The van der Waals surface area contributed by atoms with Gasteiger partial charge in [-0.2, -0.15) is 0 Å². The average Bonchev–Trinajstić information content (AvgIpc) is 3.44. The van der Waals surface area contributed by atoms with Crippen molar-refractivity contribution in [2.45, 2.75) is 70.5 Å². The molecule has 3 aliphatic rings. The molecule has 3 fully saturated rings. The molecular formula is C19H31N3O4. The molecule has 1 N–H and O–H groups in total. The summed E-state index contributed by atoms with van der Waals surface area (Å²) < 4.78 is 4.68. The second-order valence-corrected chi connectivity index (χ2v) is 8.29. The van der Waals surface area contributed by atoms with Crippen molar-refractivity contribution in [3.8, 4) is 0 Å². The van der Waals surface area contributed by atoms with Gasteiger partial charge in [0.1, 0.15) is 6.04 Å². The number of amides is 3. The van der Waals surface area contributed by atoms with Gasteiger partial charge in [-0.1, -0.05) is 13.8 Å². The third kappa shape index (κ3) is 4.13. The zero-order valence-electron chi connectivity index (χ0n) is 16.1. The first-order valence-electron chi connectivity index (χ1n) is 9.85. The molecule has 26 heavy (non-hydrogen) atoms. The standard InChI is InChI=1S/C19H31N3O4/c1-12(2)10-15(20-19(25)26-3)18(24)21-9-8-16-13(11-21)4-7-17(23)22(16)14-5-6-14/h12-16H,4-11H2,1-3H3,(H,20,25)/t13-,15+,16-/m0/s1. The summed E-state index contributed by atoms with van der Waals surface area (Å²) in [5, 5.41) is 2.69. The minimum absolute atomic E-state index is 0.0302. The van der Waals surface area contributed by atoms with Gasteiger partial charge in [-0.15, -0.1) is 0 Å². The summed E-state index contributed by atoms with van der Waals surface area (Å²) in [5.41, 5.74) is 0. The highest BCUT2D eigenvalue weighted by molar-refractivity contribution is 5.86. The lowest BCUT2D eigenvalue weighted by Crippen LogP contribution is -2.59. The molecule has 1 aliphatic carbocycles. The number of nitrogens with one attached hydrogen (secondary N) is 1. The van der Waals surface area contributed by atoms with E-state index in [1.54, 1.807) is 0 Å². The number of likely N-dealkylation sites (tertiary alicyclic amines) is 2. The van der Waals surface area contributed by atoms with Crippen molar-refractivity contribution >= 4 is 17.9 Å². The molecule has 3 rings (SSSR count). The van der Waals surface area contributed by atoms with Gasteiger partial charge >= 0.3 is 6.09 Å². The minimum Gasteiger partial charge on any atom is -0.453 e. The monoisotopic (exact) mass is 365 g/mol. The molecule has 7 heteroatoms.